The third-order valence-corrected chi connectivity index (χ3v) is 6.73. The van der Waals surface area contributed by atoms with Gasteiger partial charge in [0.05, 0.1) is 29.2 Å². The molecule has 0 fully saturated rings. The minimum atomic E-state index is -4.03. The van der Waals surface area contributed by atoms with Gasteiger partial charge in [0.2, 0.25) is 15.9 Å². The van der Waals surface area contributed by atoms with Crippen molar-refractivity contribution in [1.29, 1.82) is 0 Å². The fourth-order valence-corrected chi connectivity index (χ4v) is 4.50. The number of nitro groups is 1. The smallest absolute Gasteiger partial charge is 0.271 e. The Balaban J connectivity index is 1.89. The van der Waals surface area contributed by atoms with Gasteiger partial charge in [-0.15, -0.1) is 0 Å². The largest absolute Gasteiger partial charge is 0.497 e. The third-order valence-electron chi connectivity index (χ3n) is 4.92. The Hall–Kier alpha value is -3.76. The summed E-state index contributed by atoms with van der Waals surface area (Å²) in [5, 5.41) is 13.7. The minimum absolute atomic E-state index is 0.0126. The van der Waals surface area contributed by atoms with Crippen molar-refractivity contribution >= 4 is 27.3 Å². The monoisotopic (exact) mass is 469 g/mol. The van der Waals surface area contributed by atoms with Crippen molar-refractivity contribution < 1.29 is 22.9 Å². The maximum absolute atomic E-state index is 13.4. The predicted octanol–water partition coefficient (Wildman–Crippen LogP) is 3.74. The van der Waals surface area contributed by atoms with Crippen LogP contribution in [-0.2, 0) is 21.4 Å². The third kappa shape index (κ3) is 5.93. The Morgan fingerprint density at radius 3 is 2.33 bits per heavy atom. The van der Waals surface area contributed by atoms with E-state index < -0.39 is 27.4 Å². The topological polar surface area (TPSA) is 119 Å². The molecule has 0 heterocycles. The number of carbonyl (C=O) groups excluding carboxylic acids is 1. The van der Waals surface area contributed by atoms with Gasteiger partial charge in [-0.05, 0) is 42.3 Å². The number of methoxy groups -OCH3 is 1. The van der Waals surface area contributed by atoms with Gasteiger partial charge in [0, 0.05) is 18.7 Å². The molecule has 0 bridgehead atoms. The van der Waals surface area contributed by atoms with Crippen molar-refractivity contribution in [1.82, 2.24) is 4.31 Å². The molecule has 33 heavy (non-hydrogen) atoms. The summed E-state index contributed by atoms with van der Waals surface area (Å²) in [6.45, 7) is 1.18. The summed E-state index contributed by atoms with van der Waals surface area (Å²) in [4.78, 5) is 23.3. The molecule has 3 aromatic carbocycles. The number of nitrogens with one attached hydrogen (secondary N) is 1. The molecule has 0 atom stereocenters. The molecule has 1 amide bonds. The van der Waals surface area contributed by atoms with Crippen LogP contribution in [-0.4, -0.2) is 37.2 Å². The predicted molar refractivity (Wildman–Crippen MR) is 123 cm³/mol. The highest BCUT2D eigenvalue weighted by Crippen LogP contribution is 2.24. The number of sulfonamides is 1. The van der Waals surface area contributed by atoms with Gasteiger partial charge in [-0.1, -0.05) is 36.4 Å². The molecule has 0 aliphatic rings. The summed E-state index contributed by atoms with van der Waals surface area (Å²) < 4.78 is 32.8. The number of rotatable bonds is 9. The molecule has 0 aromatic heterocycles. The first-order valence-corrected chi connectivity index (χ1v) is 11.4. The lowest BCUT2D eigenvalue weighted by molar-refractivity contribution is -0.384. The number of carbonyl (C=O) groups is 1. The Kier molecular flexibility index (Phi) is 7.41. The molecule has 0 saturated carbocycles. The maximum Gasteiger partial charge on any atom is 0.271 e. The maximum atomic E-state index is 13.4. The van der Waals surface area contributed by atoms with Gasteiger partial charge >= 0.3 is 0 Å². The second-order valence-corrected chi connectivity index (χ2v) is 9.18. The van der Waals surface area contributed by atoms with E-state index in [-0.39, 0.29) is 22.8 Å². The van der Waals surface area contributed by atoms with Crippen LogP contribution in [0.5, 0.6) is 5.75 Å². The van der Waals surface area contributed by atoms with Gasteiger partial charge < -0.3 is 10.1 Å². The highest BCUT2D eigenvalue weighted by Gasteiger charge is 2.27. The van der Waals surface area contributed by atoms with Crippen LogP contribution in [0.4, 0.5) is 11.4 Å². The second kappa shape index (κ2) is 10.2. The van der Waals surface area contributed by atoms with Gasteiger partial charge in [0.15, 0.2) is 0 Å². The quantitative estimate of drug-likeness (QED) is 0.377. The standard InChI is InChI=1S/C23H23N3O6S/c1-17-8-9-19(26(28)29)14-22(17)24-23(27)16-25(15-18-6-4-3-5-7-18)33(30,31)21-12-10-20(32-2)11-13-21/h3-14H,15-16H2,1-2H3,(H,24,27). The molecule has 0 radical (unpaired) electrons. The Morgan fingerprint density at radius 2 is 1.73 bits per heavy atom. The fourth-order valence-electron chi connectivity index (χ4n) is 3.12. The number of amides is 1. The molecule has 0 aliphatic heterocycles. The van der Waals surface area contributed by atoms with E-state index in [1.165, 1.54) is 49.6 Å². The van der Waals surface area contributed by atoms with Gasteiger partial charge in [-0.25, -0.2) is 8.42 Å². The summed E-state index contributed by atoms with van der Waals surface area (Å²) in [6, 6.07) is 18.9. The highest BCUT2D eigenvalue weighted by atomic mass is 32.2. The summed E-state index contributed by atoms with van der Waals surface area (Å²) in [7, 11) is -2.56. The van der Waals surface area contributed by atoms with Crippen molar-refractivity contribution in [2.75, 3.05) is 19.0 Å². The molecule has 9 nitrogen and oxygen atoms in total. The summed E-state index contributed by atoms with van der Waals surface area (Å²) in [5.74, 6) is -0.117. The number of nitro benzene ring substituents is 1. The van der Waals surface area contributed by atoms with Crippen LogP contribution in [0.25, 0.3) is 0 Å². The van der Waals surface area contributed by atoms with Crippen LogP contribution in [0.15, 0.2) is 77.7 Å². The van der Waals surface area contributed by atoms with Crippen molar-refractivity contribution in [3.8, 4) is 5.75 Å². The zero-order valence-corrected chi connectivity index (χ0v) is 18.9. The van der Waals surface area contributed by atoms with Crippen molar-refractivity contribution in [2.45, 2.75) is 18.4 Å². The molecule has 1 N–H and O–H groups in total. The Bertz CT molecular complexity index is 1240. The summed E-state index contributed by atoms with van der Waals surface area (Å²) in [6.07, 6.45) is 0. The molecular weight excluding hydrogens is 446 g/mol. The van der Waals surface area contributed by atoms with E-state index >= 15 is 0 Å². The van der Waals surface area contributed by atoms with Gasteiger partial charge in [-0.3, -0.25) is 14.9 Å². The van der Waals surface area contributed by atoms with E-state index in [1.54, 1.807) is 31.2 Å². The lowest BCUT2D eigenvalue weighted by atomic mass is 10.2. The molecular formula is C23H23N3O6S. The van der Waals surface area contributed by atoms with E-state index in [1.807, 2.05) is 6.07 Å². The molecule has 0 spiro atoms. The number of hydrogen-bond donors (Lipinski definition) is 1. The molecule has 3 rings (SSSR count). The Morgan fingerprint density at radius 1 is 1.06 bits per heavy atom. The van der Waals surface area contributed by atoms with E-state index in [9.17, 15) is 23.3 Å². The van der Waals surface area contributed by atoms with Crippen LogP contribution >= 0.6 is 0 Å². The number of hydrogen-bond acceptors (Lipinski definition) is 6. The van der Waals surface area contributed by atoms with Crippen LogP contribution < -0.4 is 10.1 Å². The van der Waals surface area contributed by atoms with Gasteiger partial charge in [-0.2, -0.15) is 4.31 Å². The second-order valence-electron chi connectivity index (χ2n) is 7.24. The number of anilines is 1. The summed E-state index contributed by atoms with van der Waals surface area (Å²) in [5.41, 5.74) is 1.38. The van der Waals surface area contributed by atoms with Crippen molar-refractivity contribution in [2.24, 2.45) is 0 Å². The number of nitrogens with zero attached hydrogens (tertiary/aromatic N) is 2. The van der Waals surface area contributed by atoms with Crippen LogP contribution in [0.1, 0.15) is 11.1 Å². The van der Waals surface area contributed by atoms with Crippen LogP contribution in [0, 0.1) is 17.0 Å². The van der Waals surface area contributed by atoms with E-state index in [4.69, 9.17) is 4.74 Å². The molecule has 0 unspecified atom stereocenters. The number of ether oxygens (including phenoxy) is 1. The lowest BCUT2D eigenvalue weighted by Crippen LogP contribution is -2.37. The number of benzene rings is 3. The fraction of sp³-hybridized carbons (Fsp3) is 0.174. The zero-order valence-electron chi connectivity index (χ0n) is 18.1. The number of aryl methyl sites for hydroxylation is 1. The van der Waals surface area contributed by atoms with Crippen LogP contribution in [0.2, 0.25) is 0 Å². The SMILES string of the molecule is COc1ccc(S(=O)(=O)N(CC(=O)Nc2cc([N+](=O)[O-])ccc2C)Cc2ccccc2)cc1. The highest BCUT2D eigenvalue weighted by molar-refractivity contribution is 7.89. The first-order chi connectivity index (χ1) is 15.7. The lowest BCUT2D eigenvalue weighted by Gasteiger charge is -2.22. The van der Waals surface area contributed by atoms with Gasteiger partial charge in [0.1, 0.15) is 5.75 Å². The zero-order chi connectivity index (χ0) is 24.0. The summed E-state index contributed by atoms with van der Waals surface area (Å²) >= 11 is 0. The van der Waals surface area contributed by atoms with Crippen molar-refractivity contribution in [3.05, 3.63) is 94.0 Å². The molecule has 3 aromatic rings. The van der Waals surface area contributed by atoms with Gasteiger partial charge in [0.25, 0.3) is 5.69 Å². The minimum Gasteiger partial charge on any atom is -0.497 e. The van der Waals surface area contributed by atoms with Crippen LogP contribution in [0.3, 0.4) is 0 Å². The van der Waals surface area contributed by atoms with E-state index in [2.05, 4.69) is 5.32 Å². The first kappa shape index (κ1) is 23.9. The molecule has 0 saturated heterocycles. The molecule has 172 valence electrons. The first-order valence-electron chi connectivity index (χ1n) is 9.93. The van der Waals surface area contributed by atoms with E-state index in [0.29, 0.717) is 16.9 Å². The molecule has 10 heteroatoms. The average molecular weight is 470 g/mol. The number of non-ortho nitro benzene ring substituents is 1. The normalized spacial score (nSPS) is 11.2. The average Bonchev–Trinajstić information content (AvgIpc) is 2.80. The Labute approximate surface area is 191 Å². The van der Waals surface area contributed by atoms with Crippen molar-refractivity contribution in [3.63, 3.8) is 0 Å². The molecule has 0 aliphatic carbocycles. The van der Waals surface area contributed by atoms with E-state index in [0.717, 1.165) is 4.31 Å².